The average molecular weight is 480 g/mol. The van der Waals surface area contributed by atoms with E-state index in [-0.39, 0.29) is 29.7 Å². The second kappa shape index (κ2) is 9.77. The number of ether oxygens (including phenoxy) is 1. The lowest BCUT2D eigenvalue weighted by molar-refractivity contribution is -0.384. The van der Waals surface area contributed by atoms with Gasteiger partial charge in [-0.2, -0.15) is 0 Å². The summed E-state index contributed by atoms with van der Waals surface area (Å²) in [4.78, 5) is 38.9. The van der Waals surface area contributed by atoms with E-state index in [2.05, 4.69) is 33.0 Å². The maximum Gasteiger partial charge on any atom is 0.421 e. The number of amides is 2. The molecule has 2 aliphatic rings. The van der Waals surface area contributed by atoms with Gasteiger partial charge < -0.3 is 4.74 Å². The number of hydrogen-bond donors (Lipinski definition) is 1. The summed E-state index contributed by atoms with van der Waals surface area (Å²) in [6, 6.07) is 13.1. The highest BCUT2D eigenvalue weighted by atomic mass is 16.6. The summed E-state index contributed by atoms with van der Waals surface area (Å²) >= 11 is 0. The molecule has 1 N–H and O–H groups in total. The number of benzene rings is 2. The molecule has 1 heterocycles. The van der Waals surface area contributed by atoms with Gasteiger partial charge in [-0.15, -0.1) is 0 Å². The van der Waals surface area contributed by atoms with Crippen molar-refractivity contribution in [2.75, 3.05) is 11.4 Å². The molecule has 8 nitrogen and oxygen atoms in total. The van der Waals surface area contributed by atoms with Crippen LogP contribution in [-0.2, 0) is 9.53 Å². The van der Waals surface area contributed by atoms with E-state index >= 15 is 0 Å². The molecule has 8 heteroatoms. The van der Waals surface area contributed by atoms with Crippen LogP contribution < -0.4 is 10.2 Å². The minimum atomic E-state index is -0.728. The fourth-order valence-electron chi connectivity index (χ4n) is 5.36. The van der Waals surface area contributed by atoms with Gasteiger partial charge in [0, 0.05) is 17.7 Å². The first-order chi connectivity index (χ1) is 16.6. The molecule has 35 heavy (non-hydrogen) atoms. The highest BCUT2D eigenvalue weighted by Crippen LogP contribution is 2.43. The number of carbonyl (C=O) groups excluding carboxylic acids is 2. The number of carbonyl (C=O) groups is 2. The van der Waals surface area contributed by atoms with E-state index in [4.69, 9.17) is 4.74 Å². The molecule has 0 spiro atoms. The van der Waals surface area contributed by atoms with Gasteiger partial charge in [0.25, 0.3) is 5.69 Å². The van der Waals surface area contributed by atoms with Crippen LogP contribution in [0.25, 0.3) is 0 Å². The number of rotatable bonds is 4. The molecular weight excluding hydrogens is 446 g/mol. The minimum absolute atomic E-state index is 0.0393. The van der Waals surface area contributed by atoms with E-state index in [1.807, 2.05) is 30.3 Å². The van der Waals surface area contributed by atoms with Crippen LogP contribution in [0.1, 0.15) is 64.1 Å². The predicted molar refractivity (Wildman–Crippen MR) is 133 cm³/mol. The molecule has 4 rings (SSSR count). The third-order valence-corrected chi connectivity index (χ3v) is 7.29. The molecule has 1 aliphatic heterocycles. The van der Waals surface area contributed by atoms with Gasteiger partial charge in [-0.1, -0.05) is 58.0 Å². The summed E-state index contributed by atoms with van der Waals surface area (Å²) in [6.07, 6.45) is 1.70. The number of nitrogens with zero attached hydrogens (tertiary/aromatic N) is 2. The first kappa shape index (κ1) is 24.9. The Labute approximate surface area is 205 Å². The van der Waals surface area contributed by atoms with Crippen molar-refractivity contribution < 1.29 is 19.2 Å². The summed E-state index contributed by atoms with van der Waals surface area (Å²) in [5.74, 6) is 0.0862. The minimum Gasteiger partial charge on any atom is -0.445 e. The van der Waals surface area contributed by atoms with Crippen molar-refractivity contribution in [2.24, 2.45) is 17.3 Å². The SMILES string of the molecule is CC(C)C1CCC(C)(C)CC1OC(=O)N1C(=O)CNC(c2ccccc2)c2cc([N+](=O)[O-])ccc21. The highest BCUT2D eigenvalue weighted by Gasteiger charge is 2.41. The molecule has 3 unspecified atom stereocenters. The standard InChI is InChI=1S/C27H33N3O5/c1-17(2)20-12-13-27(3,4)15-23(20)35-26(32)29-22-11-10-19(30(33)34)14-21(22)25(28-16-24(29)31)18-8-6-5-7-9-18/h5-11,14,17,20,23,25,28H,12-13,15-16H2,1-4H3. The van der Waals surface area contributed by atoms with Gasteiger partial charge in [0.05, 0.1) is 23.2 Å². The van der Waals surface area contributed by atoms with E-state index in [0.717, 1.165) is 29.7 Å². The van der Waals surface area contributed by atoms with Crippen molar-refractivity contribution in [2.45, 2.75) is 59.1 Å². The maximum atomic E-state index is 13.6. The van der Waals surface area contributed by atoms with Crippen LogP contribution in [0.3, 0.4) is 0 Å². The first-order valence-electron chi connectivity index (χ1n) is 12.2. The van der Waals surface area contributed by atoms with Crippen molar-refractivity contribution in [3.8, 4) is 0 Å². The molecule has 186 valence electrons. The second-order valence-electron chi connectivity index (χ2n) is 10.7. The van der Waals surface area contributed by atoms with Gasteiger partial charge in [-0.05, 0) is 48.1 Å². The Morgan fingerprint density at radius 1 is 1.20 bits per heavy atom. The van der Waals surface area contributed by atoms with Crippen LogP contribution in [0.2, 0.25) is 0 Å². The molecule has 3 atom stereocenters. The average Bonchev–Trinajstić information content (AvgIpc) is 2.94. The summed E-state index contributed by atoms with van der Waals surface area (Å²) in [5.41, 5.74) is 1.56. The van der Waals surface area contributed by atoms with Crippen LogP contribution in [0.4, 0.5) is 16.2 Å². The Kier molecular flexibility index (Phi) is 6.94. The summed E-state index contributed by atoms with van der Waals surface area (Å²) in [5, 5.41) is 14.7. The molecule has 1 aliphatic carbocycles. The summed E-state index contributed by atoms with van der Waals surface area (Å²) in [7, 11) is 0. The number of anilines is 1. The zero-order valence-electron chi connectivity index (χ0n) is 20.7. The Morgan fingerprint density at radius 3 is 2.57 bits per heavy atom. The molecule has 2 amide bonds. The lowest BCUT2D eigenvalue weighted by Gasteiger charge is -2.42. The van der Waals surface area contributed by atoms with Crippen LogP contribution in [0.5, 0.6) is 0 Å². The highest BCUT2D eigenvalue weighted by molar-refractivity contribution is 6.14. The fourth-order valence-corrected chi connectivity index (χ4v) is 5.36. The molecule has 0 bridgehead atoms. The third-order valence-electron chi connectivity index (χ3n) is 7.29. The van der Waals surface area contributed by atoms with Gasteiger partial charge in [0.2, 0.25) is 5.91 Å². The number of non-ortho nitro benzene ring substituents is 1. The van der Waals surface area contributed by atoms with E-state index in [9.17, 15) is 19.7 Å². The Hall–Kier alpha value is -3.26. The van der Waals surface area contributed by atoms with Crippen molar-refractivity contribution in [3.63, 3.8) is 0 Å². The van der Waals surface area contributed by atoms with E-state index in [1.54, 1.807) is 0 Å². The number of hydrogen-bond acceptors (Lipinski definition) is 6. The van der Waals surface area contributed by atoms with Crippen molar-refractivity contribution >= 4 is 23.4 Å². The van der Waals surface area contributed by atoms with Crippen molar-refractivity contribution in [1.82, 2.24) is 5.32 Å². The number of imide groups is 1. The van der Waals surface area contributed by atoms with E-state index < -0.39 is 23.0 Å². The molecule has 0 radical (unpaired) electrons. The molecular formula is C27H33N3O5. The van der Waals surface area contributed by atoms with Crippen molar-refractivity contribution in [1.29, 1.82) is 0 Å². The third kappa shape index (κ3) is 5.22. The van der Waals surface area contributed by atoms with Crippen LogP contribution in [0, 0.1) is 27.4 Å². The molecule has 1 fully saturated rings. The van der Waals surface area contributed by atoms with E-state index in [1.165, 1.54) is 18.2 Å². The maximum absolute atomic E-state index is 13.6. The molecule has 0 saturated heterocycles. The van der Waals surface area contributed by atoms with Crippen molar-refractivity contribution in [3.05, 3.63) is 69.8 Å². The summed E-state index contributed by atoms with van der Waals surface area (Å²) < 4.78 is 6.05. The zero-order chi connectivity index (χ0) is 25.3. The first-order valence-corrected chi connectivity index (χ1v) is 12.2. The number of nitro groups is 1. The van der Waals surface area contributed by atoms with Gasteiger partial charge >= 0.3 is 6.09 Å². The molecule has 0 aromatic heterocycles. The number of nitrogens with one attached hydrogen (secondary N) is 1. The molecule has 2 aromatic rings. The number of fused-ring (bicyclic) bond motifs is 1. The number of nitro benzene ring substituents is 1. The Morgan fingerprint density at radius 2 is 1.91 bits per heavy atom. The predicted octanol–water partition coefficient (Wildman–Crippen LogP) is 5.61. The largest absolute Gasteiger partial charge is 0.445 e. The van der Waals surface area contributed by atoms with Crippen LogP contribution in [0.15, 0.2) is 48.5 Å². The lowest BCUT2D eigenvalue weighted by Crippen LogP contribution is -2.46. The quantitative estimate of drug-likeness (QED) is 0.452. The topological polar surface area (TPSA) is 102 Å². The Balaban J connectivity index is 1.73. The molecule has 1 saturated carbocycles. The van der Waals surface area contributed by atoms with Gasteiger partial charge in [-0.3, -0.25) is 20.2 Å². The zero-order valence-corrected chi connectivity index (χ0v) is 20.7. The smallest absolute Gasteiger partial charge is 0.421 e. The molecule has 2 aromatic carbocycles. The Bertz CT molecular complexity index is 1120. The van der Waals surface area contributed by atoms with E-state index in [0.29, 0.717) is 17.2 Å². The van der Waals surface area contributed by atoms with Gasteiger partial charge in [0.1, 0.15) is 6.10 Å². The van der Waals surface area contributed by atoms with Crippen LogP contribution >= 0.6 is 0 Å². The van der Waals surface area contributed by atoms with Crippen LogP contribution in [-0.4, -0.2) is 29.6 Å². The van der Waals surface area contributed by atoms with Gasteiger partial charge in [-0.25, -0.2) is 9.69 Å². The lowest BCUT2D eigenvalue weighted by atomic mass is 9.68. The van der Waals surface area contributed by atoms with Gasteiger partial charge in [0.15, 0.2) is 0 Å². The fraction of sp³-hybridized carbons (Fsp3) is 0.481. The second-order valence-corrected chi connectivity index (χ2v) is 10.7. The monoisotopic (exact) mass is 479 g/mol. The normalized spacial score (nSPS) is 24.0. The summed E-state index contributed by atoms with van der Waals surface area (Å²) in [6.45, 7) is 8.49.